The molecule has 0 heterocycles. The van der Waals surface area contributed by atoms with Crippen molar-refractivity contribution in [3.63, 3.8) is 0 Å². The summed E-state index contributed by atoms with van der Waals surface area (Å²) >= 11 is 0. The number of aliphatic hydroxyl groups excluding tert-OH is 1. The molecule has 156 valence electrons. The average Bonchev–Trinajstić information content (AvgIpc) is 2.77. The first-order valence-electron chi connectivity index (χ1n) is 10.1. The van der Waals surface area contributed by atoms with Crippen LogP contribution in [0.4, 0.5) is 0 Å². The summed E-state index contributed by atoms with van der Waals surface area (Å²) in [4.78, 5) is 0. The molecule has 2 rings (SSSR count). The van der Waals surface area contributed by atoms with Crippen LogP contribution in [0.1, 0.15) is 56.3 Å². The molecule has 0 amide bonds. The Bertz CT molecular complexity index is 810. The van der Waals surface area contributed by atoms with Gasteiger partial charge >= 0.3 is 0 Å². The normalized spacial score (nSPS) is 12.5. The third-order valence-corrected chi connectivity index (χ3v) is 5.00. The van der Waals surface area contributed by atoms with Crippen LogP contribution in [-0.2, 0) is 0 Å². The Labute approximate surface area is 174 Å². The first-order chi connectivity index (χ1) is 14.1. The zero-order valence-corrected chi connectivity index (χ0v) is 18.1. The van der Waals surface area contributed by atoms with Crippen LogP contribution in [0, 0.1) is 0 Å². The third kappa shape index (κ3) is 5.66. The molecule has 0 bridgehead atoms. The van der Waals surface area contributed by atoms with Gasteiger partial charge in [0.05, 0.1) is 27.4 Å². The van der Waals surface area contributed by atoms with E-state index in [0.29, 0.717) is 22.8 Å². The lowest BCUT2D eigenvalue weighted by molar-refractivity contribution is 0.160. The van der Waals surface area contributed by atoms with Crippen molar-refractivity contribution in [2.75, 3.05) is 21.3 Å². The van der Waals surface area contributed by atoms with Crippen LogP contribution in [0.25, 0.3) is 0 Å². The Kier molecular flexibility index (Phi) is 8.85. The number of aliphatic hydroxyl groups is 1. The highest BCUT2D eigenvalue weighted by molar-refractivity contribution is 5.54. The molecule has 0 unspecified atom stereocenters. The lowest BCUT2D eigenvalue weighted by Crippen LogP contribution is -2.10. The maximum Gasteiger partial charge on any atom is 0.203 e. The second-order valence-electron chi connectivity index (χ2n) is 6.86. The van der Waals surface area contributed by atoms with Gasteiger partial charge in [0.15, 0.2) is 11.5 Å². The van der Waals surface area contributed by atoms with E-state index in [1.807, 2.05) is 36.4 Å². The maximum atomic E-state index is 11.3. The van der Waals surface area contributed by atoms with Crippen molar-refractivity contribution in [3.8, 4) is 17.2 Å². The molecule has 2 atom stereocenters. The van der Waals surface area contributed by atoms with E-state index in [2.05, 4.69) is 19.6 Å². The Hall–Kier alpha value is -2.68. The predicted molar refractivity (Wildman–Crippen MR) is 117 cm³/mol. The molecule has 0 saturated carbocycles. The van der Waals surface area contributed by atoms with Crippen molar-refractivity contribution in [2.45, 2.75) is 45.1 Å². The SMILES string of the molecule is CCCC(=C=C[C@H](c1ccccc1)[C@H](O)c1cc(OC)c(OC)c(OC)c1)CC. The topological polar surface area (TPSA) is 47.9 Å². The third-order valence-electron chi connectivity index (χ3n) is 5.00. The molecule has 0 aromatic heterocycles. The first kappa shape index (κ1) is 22.6. The van der Waals surface area contributed by atoms with Crippen LogP contribution >= 0.6 is 0 Å². The predicted octanol–water partition coefficient (Wildman–Crippen LogP) is 5.82. The summed E-state index contributed by atoms with van der Waals surface area (Å²) < 4.78 is 16.3. The maximum absolute atomic E-state index is 11.3. The second kappa shape index (κ2) is 11.4. The van der Waals surface area contributed by atoms with Crippen molar-refractivity contribution < 1.29 is 19.3 Å². The molecule has 2 aromatic carbocycles. The van der Waals surface area contributed by atoms with E-state index in [-0.39, 0.29) is 5.92 Å². The van der Waals surface area contributed by atoms with E-state index in [1.165, 1.54) is 5.57 Å². The van der Waals surface area contributed by atoms with Gasteiger partial charge in [-0.25, -0.2) is 0 Å². The standard InChI is InChI=1S/C25H32O4/c1-6-11-18(7-2)14-15-21(19-12-9-8-10-13-19)24(26)20-16-22(27-3)25(29-5)23(17-20)28-4/h8-10,12-13,15-17,21,24,26H,6-7,11H2,1-5H3/t14?,21-,24-/m1/s1. The van der Waals surface area contributed by atoms with Crippen molar-refractivity contribution in [1.82, 2.24) is 0 Å². The van der Waals surface area contributed by atoms with E-state index >= 15 is 0 Å². The van der Waals surface area contributed by atoms with Gasteiger partial charge in [-0.15, -0.1) is 5.73 Å². The molecular weight excluding hydrogens is 364 g/mol. The van der Waals surface area contributed by atoms with Gasteiger partial charge in [0.25, 0.3) is 0 Å². The van der Waals surface area contributed by atoms with Gasteiger partial charge < -0.3 is 19.3 Å². The molecule has 4 heteroatoms. The highest BCUT2D eigenvalue weighted by Crippen LogP contribution is 2.42. The van der Waals surface area contributed by atoms with Crippen LogP contribution in [0.15, 0.2) is 59.8 Å². The van der Waals surface area contributed by atoms with Gasteiger partial charge in [-0.05, 0) is 47.8 Å². The lowest BCUT2D eigenvalue weighted by Gasteiger charge is -2.22. The minimum Gasteiger partial charge on any atom is -0.493 e. The van der Waals surface area contributed by atoms with Crippen LogP contribution < -0.4 is 14.2 Å². The van der Waals surface area contributed by atoms with Crippen LogP contribution in [-0.4, -0.2) is 26.4 Å². The monoisotopic (exact) mass is 396 g/mol. The summed E-state index contributed by atoms with van der Waals surface area (Å²) in [5.41, 5.74) is 6.41. The molecule has 0 fully saturated rings. The number of methoxy groups -OCH3 is 3. The molecule has 0 saturated heterocycles. The van der Waals surface area contributed by atoms with E-state index in [1.54, 1.807) is 33.5 Å². The van der Waals surface area contributed by atoms with E-state index < -0.39 is 6.10 Å². The summed E-state index contributed by atoms with van der Waals surface area (Å²) in [6.45, 7) is 4.30. The fourth-order valence-electron chi connectivity index (χ4n) is 3.38. The van der Waals surface area contributed by atoms with Gasteiger partial charge in [-0.1, -0.05) is 50.6 Å². The van der Waals surface area contributed by atoms with Gasteiger partial charge in [0, 0.05) is 5.92 Å². The summed E-state index contributed by atoms with van der Waals surface area (Å²) in [6, 6.07) is 13.6. The van der Waals surface area contributed by atoms with Crippen LogP contribution in [0.5, 0.6) is 17.2 Å². The minimum absolute atomic E-state index is 0.252. The Morgan fingerprint density at radius 3 is 2.07 bits per heavy atom. The smallest absolute Gasteiger partial charge is 0.203 e. The number of hydrogen-bond acceptors (Lipinski definition) is 4. The second-order valence-corrected chi connectivity index (χ2v) is 6.86. The lowest BCUT2D eigenvalue weighted by atomic mass is 9.88. The number of hydrogen-bond donors (Lipinski definition) is 1. The molecule has 0 aliphatic rings. The molecular formula is C25H32O4. The van der Waals surface area contributed by atoms with Crippen molar-refractivity contribution >= 4 is 0 Å². The molecule has 4 nitrogen and oxygen atoms in total. The fourth-order valence-corrected chi connectivity index (χ4v) is 3.38. The zero-order valence-electron chi connectivity index (χ0n) is 18.1. The highest BCUT2D eigenvalue weighted by atomic mass is 16.5. The summed E-state index contributed by atoms with van der Waals surface area (Å²) in [7, 11) is 4.71. The largest absolute Gasteiger partial charge is 0.493 e. The quantitative estimate of drug-likeness (QED) is 0.514. The number of ether oxygens (including phenoxy) is 3. The van der Waals surface area contributed by atoms with Crippen LogP contribution in [0.3, 0.4) is 0 Å². The van der Waals surface area contributed by atoms with Crippen molar-refractivity contribution in [2.24, 2.45) is 0 Å². The van der Waals surface area contributed by atoms with Gasteiger partial charge in [0.2, 0.25) is 5.75 Å². The van der Waals surface area contributed by atoms with Gasteiger partial charge in [-0.3, -0.25) is 0 Å². The average molecular weight is 397 g/mol. The summed E-state index contributed by atoms with van der Waals surface area (Å²) in [6.07, 6.45) is 4.23. The number of rotatable bonds is 10. The fraction of sp³-hybridized carbons (Fsp3) is 0.400. The molecule has 1 N–H and O–H groups in total. The zero-order chi connectivity index (χ0) is 21.2. The van der Waals surface area contributed by atoms with E-state index in [9.17, 15) is 5.11 Å². The van der Waals surface area contributed by atoms with E-state index in [0.717, 1.165) is 24.8 Å². The molecule has 0 aliphatic heterocycles. The minimum atomic E-state index is -0.793. The molecule has 0 aliphatic carbocycles. The molecule has 0 radical (unpaired) electrons. The Morgan fingerprint density at radius 2 is 1.59 bits per heavy atom. The molecule has 2 aromatic rings. The summed E-state index contributed by atoms with van der Waals surface area (Å²) in [5.74, 6) is 1.30. The van der Waals surface area contributed by atoms with Crippen LogP contribution in [0.2, 0.25) is 0 Å². The Morgan fingerprint density at radius 1 is 0.966 bits per heavy atom. The van der Waals surface area contributed by atoms with Crippen molar-refractivity contribution in [3.05, 3.63) is 71.0 Å². The highest BCUT2D eigenvalue weighted by Gasteiger charge is 2.24. The Balaban J connectivity index is 2.55. The molecule has 0 spiro atoms. The van der Waals surface area contributed by atoms with Gasteiger partial charge in [-0.2, -0.15) is 0 Å². The first-order valence-corrected chi connectivity index (χ1v) is 10.1. The van der Waals surface area contributed by atoms with Gasteiger partial charge in [0.1, 0.15) is 0 Å². The molecule has 29 heavy (non-hydrogen) atoms. The van der Waals surface area contributed by atoms with Crippen molar-refractivity contribution in [1.29, 1.82) is 0 Å². The summed E-state index contributed by atoms with van der Waals surface area (Å²) in [5, 5.41) is 11.3. The number of benzene rings is 2. The van der Waals surface area contributed by atoms with E-state index in [4.69, 9.17) is 14.2 Å².